The molecule has 5 nitrogen and oxygen atoms in total. The average molecular weight is 304 g/mol. The van der Waals surface area contributed by atoms with Crippen molar-refractivity contribution in [3.05, 3.63) is 17.1 Å². The Labute approximate surface area is 128 Å². The minimum Gasteiger partial charge on any atom is -0.397 e. The van der Waals surface area contributed by atoms with E-state index in [2.05, 4.69) is 17.1 Å². The molecule has 1 fully saturated rings. The van der Waals surface area contributed by atoms with E-state index < -0.39 is 0 Å². The minimum atomic E-state index is 0.00856. The van der Waals surface area contributed by atoms with Crippen molar-refractivity contribution < 1.29 is 4.79 Å². The van der Waals surface area contributed by atoms with Gasteiger partial charge in [-0.05, 0) is 24.8 Å². The molecule has 1 saturated carbocycles. The molecule has 2 N–H and O–H groups in total. The zero-order valence-electron chi connectivity index (χ0n) is 12.4. The molecular weight excluding hydrogens is 284 g/mol. The Morgan fingerprint density at radius 3 is 2.90 bits per heavy atom. The van der Waals surface area contributed by atoms with E-state index in [1.807, 2.05) is 18.0 Å². The first-order valence-corrected chi connectivity index (χ1v) is 8.18. The Morgan fingerprint density at radius 2 is 2.19 bits per heavy atom. The highest BCUT2D eigenvalue weighted by molar-refractivity contribution is 7.21. The SMILES string of the molecule is CC1CCCCC1N(C)C(=O)c1sc2nnccc2c1N. The van der Waals surface area contributed by atoms with Gasteiger partial charge in [0.15, 0.2) is 0 Å². The lowest BCUT2D eigenvalue weighted by Crippen LogP contribution is -2.42. The summed E-state index contributed by atoms with van der Waals surface area (Å²) in [5, 5.41) is 8.73. The van der Waals surface area contributed by atoms with Crippen molar-refractivity contribution in [2.75, 3.05) is 12.8 Å². The number of nitrogen functional groups attached to an aromatic ring is 1. The number of rotatable bonds is 2. The van der Waals surface area contributed by atoms with Gasteiger partial charge in [-0.2, -0.15) is 5.10 Å². The smallest absolute Gasteiger partial charge is 0.266 e. The van der Waals surface area contributed by atoms with E-state index in [-0.39, 0.29) is 5.91 Å². The van der Waals surface area contributed by atoms with E-state index in [1.54, 1.807) is 6.20 Å². The lowest BCUT2D eigenvalue weighted by atomic mass is 9.85. The molecule has 6 heteroatoms. The van der Waals surface area contributed by atoms with E-state index >= 15 is 0 Å². The van der Waals surface area contributed by atoms with Gasteiger partial charge >= 0.3 is 0 Å². The number of hydrogen-bond acceptors (Lipinski definition) is 5. The number of carbonyl (C=O) groups is 1. The summed E-state index contributed by atoms with van der Waals surface area (Å²) in [5.74, 6) is 0.553. The first-order chi connectivity index (χ1) is 10.1. The van der Waals surface area contributed by atoms with Gasteiger partial charge in [-0.15, -0.1) is 16.4 Å². The van der Waals surface area contributed by atoms with E-state index in [1.165, 1.54) is 30.6 Å². The highest BCUT2D eigenvalue weighted by Gasteiger charge is 2.30. The maximum atomic E-state index is 12.8. The number of amides is 1. The van der Waals surface area contributed by atoms with E-state index in [0.717, 1.165) is 16.6 Å². The molecular formula is C15H20N4OS. The Hall–Kier alpha value is -1.69. The van der Waals surface area contributed by atoms with Crippen LogP contribution >= 0.6 is 11.3 Å². The number of nitrogens with two attached hydrogens (primary N) is 1. The molecule has 2 unspecified atom stereocenters. The summed E-state index contributed by atoms with van der Waals surface area (Å²) in [6.45, 7) is 2.23. The molecule has 2 aromatic rings. The van der Waals surface area contributed by atoms with Crippen LogP contribution in [0.3, 0.4) is 0 Å². The molecule has 1 amide bonds. The Morgan fingerprint density at radius 1 is 1.43 bits per heavy atom. The maximum absolute atomic E-state index is 12.8. The number of hydrogen-bond donors (Lipinski definition) is 1. The number of thiophene rings is 1. The summed E-state index contributed by atoms with van der Waals surface area (Å²) in [5.41, 5.74) is 6.67. The number of carbonyl (C=O) groups excluding carboxylic acids is 1. The topological polar surface area (TPSA) is 72.1 Å². The third kappa shape index (κ3) is 2.48. The molecule has 0 aliphatic heterocycles. The lowest BCUT2D eigenvalue weighted by Gasteiger charge is -2.36. The quantitative estimate of drug-likeness (QED) is 0.926. The number of anilines is 1. The van der Waals surface area contributed by atoms with E-state index in [9.17, 15) is 4.79 Å². The summed E-state index contributed by atoms with van der Waals surface area (Å²) < 4.78 is 0. The van der Waals surface area contributed by atoms with Crippen LogP contribution in [-0.2, 0) is 0 Å². The number of aromatic nitrogens is 2. The largest absolute Gasteiger partial charge is 0.397 e. The predicted octanol–water partition coefficient (Wildman–Crippen LogP) is 2.92. The van der Waals surface area contributed by atoms with Gasteiger partial charge < -0.3 is 10.6 Å². The van der Waals surface area contributed by atoms with Crippen LogP contribution in [-0.4, -0.2) is 34.1 Å². The highest BCUT2D eigenvalue weighted by atomic mass is 32.1. The second kappa shape index (κ2) is 5.60. The van der Waals surface area contributed by atoms with Crippen LogP contribution in [0.4, 0.5) is 5.69 Å². The zero-order valence-corrected chi connectivity index (χ0v) is 13.2. The standard InChI is InChI=1S/C15H20N4OS/c1-9-5-3-4-6-11(9)19(2)15(20)13-12(16)10-7-8-17-18-14(10)21-13/h7-9,11H,3-6,16H2,1-2H3. The van der Waals surface area contributed by atoms with Gasteiger partial charge in [0, 0.05) is 18.5 Å². The lowest BCUT2D eigenvalue weighted by molar-refractivity contribution is 0.0635. The molecule has 2 aromatic heterocycles. The normalized spacial score (nSPS) is 22.4. The first-order valence-electron chi connectivity index (χ1n) is 7.36. The highest BCUT2D eigenvalue weighted by Crippen LogP contribution is 2.34. The fourth-order valence-corrected chi connectivity index (χ4v) is 4.24. The van der Waals surface area contributed by atoms with Gasteiger partial charge in [-0.1, -0.05) is 19.8 Å². The van der Waals surface area contributed by atoms with E-state index in [4.69, 9.17) is 5.73 Å². The third-order valence-electron chi connectivity index (χ3n) is 4.50. The molecule has 2 heterocycles. The van der Waals surface area contributed by atoms with Crippen molar-refractivity contribution in [1.29, 1.82) is 0 Å². The Bertz CT molecular complexity index is 669. The average Bonchev–Trinajstić information content (AvgIpc) is 2.84. The fourth-order valence-electron chi connectivity index (χ4n) is 3.21. The first kappa shape index (κ1) is 14.3. The molecule has 3 rings (SSSR count). The van der Waals surface area contributed by atoms with Crippen molar-refractivity contribution >= 4 is 33.1 Å². The molecule has 112 valence electrons. The van der Waals surface area contributed by atoms with Crippen molar-refractivity contribution in [1.82, 2.24) is 15.1 Å². The van der Waals surface area contributed by atoms with Crippen LogP contribution < -0.4 is 5.73 Å². The van der Waals surface area contributed by atoms with E-state index in [0.29, 0.717) is 22.5 Å². The van der Waals surface area contributed by atoms with Crippen LogP contribution in [0.2, 0.25) is 0 Å². The molecule has 0 saturated heterocycles. The van der Waals surface area contributed by atoms with Crippen molar-refractivity contribution in [3.8, 4) is 0 Å². The van der Waals surface area contributed by atoms with Crippen LogP contribution in [0.25, 0.3) is 10.2 Å². The van der Waals surface area contributed by atoms with Gasteiger partial charge in [0.25, 0.3) is 5.91 Å². The zero-order chi connectivity index (χ0) is 15.0. The monoisotopic (exact) mass is 304 g/mol. The molecule has 2 atom stereocenters. The van der Waals surface area contributed by atoms with Gasteiger partial charge in [0.05, 0.1) is 11.9 Å². The van der Waals surface area contributed by atoms with Crippen LogP contribution in [0.1, 0.15) is 42.3 Å². The maximum Gasteiger partial charge on any atom is 0.266 e. The van der Waals surface area contributed by atoms with Crippen molar-refractivity contribution in [2.45, 2.75) is 38.6 Å². The number of nitrogens with zero attached hydrogens (tertiary/aromatic N) is 3. The molecule has 0 aromatic carbocycles. The van der Waals surface area contributed by atoms with Crippen molar-refractivity contribution in [2.24, 2.45) is 5.92 Å². The summed E-state index contributed by atoms with van der Waals surface area (Å²) in [6, 6.07) is 2.12. The third-order valence-corrected chi connectivity index (χ3v) is 5.59. The predicted molar refractivity (Wildman–Crippen MR) is 85.3 cm³/mol. The van der Waals surface area contributed by atoms with Gasteiger partial charge in [-0.3, -0.25) is 4.79 Å². The summed E-state index contributed by atoms with van der Waals surface area (Å²) in [7, 11) is 1.89. The van der Waals surface area contributed by atoms with Crippen LogP contribution in [0.15, 0.2) is 12.3 Å². The summed E-state index contributed by atoms with van der Waals surface area (Å²) in [4.78, 5) is 16.0. The fraction of sp³-hybridized carbons (Fsp3) is 0.533. The summed E-state index contributed by atoms with van der Waals surface area (Å²) in [6.07, 6.45) is 6.33. The second-order valence-corrected chi connectivity index (χ2v) is 6.84. The molecule has 0 bridgehead atoms. The van der Waals surface area contributed by atoms with Gasteiger partial charge in [0.1, 0.15) is 9.71 Å². The molecule has 1 aliphatic carbocycles. The Balaban J connectivity index is 1.91. The van der Waals surface area contributed by atoms with Crippen molar-refractivity contribution in [3.63, 3.8) is 0 Å². The second-order valence-electron chi connectivity index (χ2n) is 5.84. The summed E-state index contributed by atoms with van der Waals surface area (Å²) >= 11 is 1.34. The van der Waals surface area contributed by atoms with Crippen LogP contribution in [0.5, 0.6) is 0 Å². The van der Waals surface area contributed by atoms with Gasteiger partial charge in [0.2, 0.25) is 0 Å². The molecule has 0 radical (unpaired) electrons. The minimum absolute atomic E-state index is 0.00856. The van der Waals surface area contributed by atoms with Crippen LogP contribution in [0, 0.1) is 5.92 Å². The Kier molecular flexibility index (Phi) is 3.80. The molecule has 0 spiro atoms. The molecule has 1 aliphatic rings. The number of fused-ring (bicyclic) bond motifs is 1. The van der Waals surface area contributed by atoms with Gasteiger partial charge in [-0.25, -0.2) is 0 Å². The molecule has 21 heavy (non-hydrogen) atoms.